The molecule has 0 amide bonds. The molecule has 5 heteroatoms. The molecule has 1 heterocycles. The Morgan fingerprint density at radius 2 is 2.07 bits per heavy atom. The Morgan fingerprint density at radius 3 is 2.71 bits per heavy atom. The van der Waals surface area contributed by atoms with Crippen molar-refractivity contribution in [2.45, 2.75) is 0 Å². The van der Waals surface area contributed by atoms with Crippen LogP contribution in [0.2, 0.25) is 0 Å². The number of aromatic nitrogens is 3. The van der Waals surface area contributed by atoms with Crippen LogP contribution in [0.15, 0.2) is 35.6 Å². The third-order valence-corrected chi connectivity index (χ3v) is 1.61. The summed E-state index contributed by atoms with van der Waals surface area (Å²) in [6.07, 6.45) is 2.96. The lowest BCUT2D eigenvalue weighted by Gasteiger charge is -1.90. The first-order chi connectivity index (χ1) is 6.84. The monoisotopic (exact) mass is 190 g/mol. The summed E-state index contributed by atoms with van der Waals surface area (Å²) in [5, 5.41) is 6.22. The quantitative estimate of drug-likeness (QED) is 0.732. The van der Waals surface area contributed by atoms with Crippen LogP contribution in [-0.2, 0) is 0 Å². The molecule has 1 aromatic heterocycles. The molecule has 0 atom stereocenters. The number of aromatic amines is 1. The molecule has 0 fully saturated rings. The van der Waals surface area contributed by atoms with Gasteiger partial charge < -0.3 is 0 Å². The topological polar surface area (TPSA) is 53.9 Å². The predicted molar refractivity (Wildman–Crippen MR) is 50.0 cm³/mol. The standard InChI is InChI=1S/C9H7FN4/c10-8-3-1-7(2-4-8)5-11-9-12-6-13-14-9/h1-6H,(H,12,13,14)/b11-5+. The van der Waals surface area contributed by atoms with Crippen molar-refractivity contribution in [1.29, 1.82) is 0 Å². The molecule has 0 aliphatic carbocycles. The number of aliphatic imine (C=N–C) groups is 1. The van der Waals surface area contributed by atoms with Crippen molar-refractivity contribution in [1.82, 2.24) is 15.2 Å². The van der Waals surface area contributed by atoms with E-state index in [2.05, 4.69) is 20.2 Å². The number of halogens is 1. The largest absolute Gasteiger partial charge is 0.245 e. The first kappa shape index (κ1) is 8.55. The summed E-state index contributed by atoms with van der Waals surface area (Å²) in [4.78, 5) is 7.80. The zero-order chi connectivity index (χ0) is 9.80. The van der Waals surface area contributed by atoms with Crippen LogP contribution in [0, 0.1) is 5.82 Å². The highest BCUT2D eigenvalue weighted by Crippen LogP contribution is 2.02. The van der Waals surface area contributed by atoms with Crippen LogP contribution in [0.3, 0.4) is 0 Å². The first-order valence-corrected chi connectivity index (χ1v) is 3.99. The molecule has 0 bridgehead atoms. The molecular weight excluding hydrogens is 183 g/mol. The van der Waals surface area contributed by atoms with Gasteiger partial charge in [0.25, 0.3) is 0 Å². The van der Waals surface area contributed by atoms with Crippen molar-refractivity contribution < 1.29 is 4.39 Å². The second-order valence-electron chi connectivity index (χ2n) is 2.62. The van der Waals surface area contributed by atoms with E-state index in [4.69, 9.17) is 0 Å². The van der Waals surface area contributed by atoms with E-state index in [0.717, 1.165) is 5.56 Å². The molecule has 0 spiro atoms. The summed E-state index contributed by atoms with van der Waals surface area (Å²) in [6, 6.07) is 6.02. The third kappa shape index (κ3) is 2.01. The van der Waals surface area contributed by atoms with Crippen LogP contribution in [0.1, 0.15) is 5.56 Å². The molecule has 1 aromatic carbocycles. The molecule has 0 saturated heterocycles. The molecule has 0 aliphatic rings. The fraction of sp³-hybridized carbons (Fsp3) is 0. The predicted octanol–water partition coefficient (Wildman–Crippen LogP) is 1.69. The Balaban J connectivity index is 2.15. The molecule has 0 aliphatic heterocycles. The summed E-state index contributed by atoms with van der Waals surface area (Å²) in [5.41, 5.74) is 0.808. The van der Waals surface area contributed by atoms with Crippen molar-refractivity contribution >= 4 is 12.2 Å². The summed E-state index contributed by atoms with van der Waals surface area (Å²) in [6.45, 7) is 0. The molecule has 4 nitrogen and oxygen atoms in total. The van der Waals surface area contributed by atoms with Crippen molar-refractivity contribution in [3.8, 4) is 0 Å². The van der Waals surface area contributed by atoms with Crippen molar-refractivity contribution in [3.63, 3.8) is 0 Å². The van der Waals surface area contributed by atoms with Gasteiger partial charge in [0.2, 0.25) is 5.95 Å². The van der Waals surface area contributed by atoms with Gasteiger partial charge in [-0.15, -0.1) is 0 Å². The van der Waals surface area contributed by atoms with E-state index in [1.807, 2.05) is 0 Å². The zero-order valence-electron chi connectivity index (χ0n) is 7.18. The highest BCUT2D eigenvalue weighted by Gasteiger charge is 1.91. The van der Waals surface area contributed by atoms with Gasteiger partial charge in [-0.1, -0.05) is 12.1 Å². The molecule has 2 rings (SSSR count). The van der Waals surface area contributed by atoms with Gasteiger partial charge in [-0.3, -0.25) is 0 Å². The van der Waals surface area contributed by atoms with Crippen LogP contribution in [-0.4, -0.2) is 21.4 Å². The maximum atomic E-state index is 12.5. The van der Waals surface area contributed by atoms with Crippen molar-refractivity contribution in [2.24, 2.45) is 4.99 Å². The van der Waals surface area contributed by atoms with Crippen LogP contribution in [0.5, 0.6) is 0 Å². The minimum absolute atomic E-state index is 0.262. The lowest BCUT2D eigenvalue weighted by Crippen LogP contribution is -1.81. The number of H-pyrrole nitrogens is 1. The van der Waals surface area contributed by atoms with Gasteiger partial charge in [0.15, 0.2) is 0 Å². The third-order valence-electron chi connectivity index (χ3n) is 1.61. The maximum Gasteiger partial charge on any atom is 0.245 e. The van der Waals surface area contributed by atoms with Gasteiger partial charge >= 0.3 is 0 Å². The smallest absolute Gasteiger partial charge is 0.244 e. The number of rotatable bonds is 2. The highest BCUT2D eigenvalue weighted by atomic mass is 19.1. The summed E-state index contributed by atoms with van der Waals surface area (Å²) < 4.78 is 12.5. The van der Waals surface area contributed by atoms with E-state index in [9.17, 15) is 4.39 Å². The Morgan fingerprint density at radius 1 is 1.29 bits per heavy atom. The van der Waals surface area contributed by atoms with Gasteiger partial charge in [0, 0.05) is 6.21 Å². The number of nitrogens with one attached hydrogen (secondary N) is 1. The molecule has 70 valence electrons. The fourth-order valence-electron chi connectivity index (χ4n) is 0.946. The summed E-state index contributed by atoms with van der Waals surface area (Å²) >= 11 is 0. The maximum absolute atomic E-state index is 12.5. The van der Waals surface area contributed by atoms with Crippen LogP contribution >= 0.6 is 0 Å². The summed E-state index contributed by atoms with van der Waals surface area (Å²) in [7, 11) is 0. The Labute approximate surface area is 79.5 Å². The van der Waals surface area contributed by atoms with E-state index in [-0.39, 0.29) is 5.82 Å². The van der Waals surface area contributed by atoms with E-state index in [0.29, 0.717) is 5.95 Å². The van der Waals surface area contributed by atoms with E-state index in [1.165, 1.54) is 18.5 Å². The molecule has 14 heavy (non-hydrogen) atoms. The Hall–Kier alpha value is -2.04. The van der Waals surface area contributed by atoms with E-state index in [1.54, 1.807) is 18.3 Å². The average Bonchev–Trinajstić information content (AvgIpc) is 2.70. The van der Waals surface area contributed by atoms with E-state index >= 15 is 0 Å². The number of nitrogens with zero attached hydrogens (tertiary/aromatic N) is 3. The highest BCUT2D eigenvalue weighted by molar-refractivity contribution is 5.80. The molecule has 0 radical (unpaired) electrons. The van der Waals surface area contributed by atoms with Crippen LogP contribution < -0.4 is 0 Å². The minimum Gasteiger partial charge on any atom is -0.244 e. The molecule has 1 N–H and O–H groups in total. The second kappa shape index (κ2) is 3.78. The minimum atomic E-state index is -0.262. The molecular formula is C9H7FN4. The molecule has 0 saturated carbocycles. The second-order valence-corrected chi connectivity index (χ2v) is 2.62. The number of hydrogen-bond acceptors (Lipinski definition) is 3. The SMILES string of the molecule is Fc1ccc(/C=N/c2ncn[nH]2)cc1. The van der Waals surface area contributed by atoms with Crippen LogP contribution in [0.25, 0.3) is 0 Å². The Bertz CT molecular complexity index is 419. The normalized spacial score (nSPS) is 10.9. The zero-order valence-corrected chi connectivity index (χ0v) is 7.18. The lowest BCUT2D eigenvalue weighted by atomic mass is 10.2. The van der Waals surface area contributed by atoms with Gasteiger partial charge in [-0.25, -0.2) is 14.5 Å². The number of benzene rings is 1. The molecule has 0 unspecified atom stereocenters. The Kier molecular flexibility index (Phi) is 2.31. The van der Waals surface area contributed by atoms with Gasteiger partial charge in [0.05, 0.1) is 0 Å². The van der Waals surface area contributed by atoms with Gasteiger partial charge in [-0.05, 0) is 17.7 Å². The first-order valence-electron chi connectivity index (χ1n) is 3.99. The van der Waals surface area contributed by atoms with Crippen molar-refractivity contribution in [3.05, 3.63) is 42.0 Å². The van der Waals surface area contributed by atoms with Gasteiger partial charge in [0.1, 0.15) is 12.1 Å². The van der Waals surface area contributed by atoms with Crippen molar-refractivity contribution in [2.75, 3.05) is 0 Å². The fourth-order valence-corrected chi connectivity index (χ4v) is 0.946. The van der Waals surface area contributed by atoms with Crippen LogP contribution in [0.4, 0.5) is 10.3 Å². The lowest BCUT2D eigenvalue weighted by molar-refractivity contribution is 0.628. The van der Waals surface area contributed by atoms with E-state index < -0.39 is 0 Å². The molecule has 2 aromatic rings. The van der Waals surface area contributed by atoms with Gasteiger partial charge in [-0.2, -0.15) is 10.1 Å². The summed E-state index contributed by atoms with van der Waals surface area (Å²) in [5.74, 6) is 0.163. The number of hydrogen-bond donors (Lipinski definition) is 1. The average molecular weight is 190 g/mol.